The molecule has 0 spiro atoms. The second-order valence-electron chi connectivity index (χ2n) is 18.9. The van der Waals surface area contributed by atoms with E-state index in [0.717, 1.165) is 0 Å². The van der Waals surface area contributed by atoms with Gasteiger partial charge in [0.05, 0.1) is 99.7 Å². The number of methoxy groups -OCH3 is 2. The molecule has 393 valence electrons. The summed E-state index contributed by atoms with van der Waals surface area (Å²) in [5.74, 6) is 0.0884. The third-order valence-corrected chi connectivity index (χ3v) is 10.6. The monoisotopic (exact) mass is 1090 g/mol. The smallest absolute Gasteiger partial charge is 0 e. The number of ether oxygens (including phenoxy) is 14. The third kappa shape index (κ3) is 25.5. The molecule has 0 saturated carbocycles. The molecule has 3 saturated heterocycles. The molecular formula is C49H99O15SbSc. The summed E-state index contributed by atoms with van der Waals surface area (Å²) in [7, 11) is 3.34. The van der Waals surface area contributed by atoms with Gasteiger partial charge in [0.15, 0.2) is 5.78 Å². The molecule has 15 atom stereocenters. The molecule has 66 heavy (non-hydrogen) atoms. The maximum absolute atomic E-state index is 11.5. The van der Waals surface area contributed by atoms with E-state index in [1.807, 2.05) is 132 Å². The van der Waals surface area contributed by atoms with Crippen LogP contribution in [0.15, 0.2) is 0 Å². The molecule has 0 aromatic rings. The first kappa shape index (κ1) is 68.9. The minimum Gasteiger partial charge on any atom is 0 e. The normalized spacial score (nSPS) is 30.0. The van der Waals surface area contributed by atoms with Gasteiger partial charge in [-0.2, -0.15) is 0 Å². The Balaban J connectivity index is 0. The first-order chi connectivity index (χ1) is 30.0. The number of rotatable bonds is 27. The van der Waals surface area contributed by atoms with Crippen molar-refractivity contribution >= 4 is 30.2 Å². The molecule has 0 aliphatic carbocycles. The first-order valence-corrected chi connectivity index (χ1v) is 24.2. The van der Waals surface area contributed by atoms with E-state index in [9.17, 15) is 4.79 Å². The molecule has 3 fully saturated rings. The quantitative estimate of drug-likeness (QED) is 0.0662. The van der Waals surface area contributed by atoms with Crippen LogP contribution in [0, 0.1) is 0 Å². The van der Waals surface area contributed by atoms with Crippen molar-refractivity contribution < 1.29 is 97.0 Å². The Hall–Kier alpha value is 0.798. The van der Waals surface area contributed by atoms with E-state index in [1.165, 1.54) is 0 Å². The molecule has 0 N–H and O–H groups in total. The number of hydrogen-bond donors (Lipinski definition) is 0. The molecule has 0 amide bonds. The average molecular weight is 1100 g/mol. The van der Waals surface area contributed by atoms with Gasteiger partial charge in [0.2, 0.25) is 0 Å². The zero-order valence-electron chi connectivity index (χ0n) is 45.3. The summed E-state index contributed by atoms with van der Waals surface area (Å²) in [4.78, 5) is 11.5. The van der Waals surface area contributed by atoms with Crippen LogP contribution in [0.1, 0.15) is 138 Å². The third-order valence-electron chi connectivity index (χ3n) is 10.6. The first-order valence-electron chi connectivity index (χ1n) is 24.2. The summed E-state index contributed by atoms with van der Waals surface area (Å²) in [6.45, 7) is 40.4. The second kappa shape index (κ2) is 36.7. The number of carbonyl (C=O) groups excluding carboxylic acids is 1. The van der Waals surface area contributed by atoms with Crippen LogP contribution in [0.4, 0.5) is 0 Å². The SMILES string of the molecule is CCC(=O)CO[C@@H]1[C@H](OC(C)C)[C@@H]([C@H](C)OC(C)C)O[C@H]1C.COCCO[C@@H]1[C@H](OC(C)C)[C@@H]([C@@H](C)OC(C)C)O[C@H]1C.COCCO[C@@H]1[C@H](OC(C)C)[C@@H]([C@H](C)OC(C)C)O[C@H]1C.[SbH3].[Sc]. The van der Waals surface area contributed by atoms with Gasteiger partial charge in [-0.15, -0.1) is 0 Å². The van der Waals surface area contributed by atoms with Gasteiger partial charge in [-0.1, -0.05) is 6.92 Å². The molecule has 0 aromatic carbocycles. The molecule has 0 aromatic heterocycles. The molecule has 3 aliphatic rings. The van der Waals surface area contributed by atoms with E-state index < -0.39 is 0 Å². The van der Waals surface area contributed by atoms with Gasteiger partial charge in [-0.05, 0) is 125 Å². The molecule has 3 rings (SSSR count). The van der Waals surface area contributed by atoms with Crippen LogP contribution < -0.4 is 0 Å². The Morgan fingerprint density at radius 1 is 0.439 bits per heavy atom. The maximum atomic E-state index is 11.5. The van der Waals surface area contributed by atoms with Crippen LogP contribution in [-0.4, -0.2) is 206 Å². The average Bonchev–Trinajstić information content (AvgIpc) is 3.78. The van der Waals surface area contributed by atoms with Gasteiger partial charge in [-0.3, -0.25) is 4.79 Å². The predicted molar refractivity (Wildman–Crippen MR) is 258 cm³/mol. The van der Waals surface area contributed by atoms with Gasteiger partial charge < -0.3 is 66.3 Å². The van der Waals surface area contributed by atoms with Crippen LogP contribution in [-0.2, 0) is 97.0 Å². The van der Waals surface area contributed by atoms with Crippen molar-refractivity contribution in [3.8, 4) is 0 Å². The Morgan fingerprint density at radius 2 is 0.712 bits per heavy atom. The van der Waals surface area contributed by atoms with E-state index in [4.69, 9.17) is 66.3 Å². The molecule has 0 bridgehead atoms. The molecule has 15 nitrogen and oxygen atoms in total. The standard InChI is InChI=1S/C17H32O5.2C16H32O5.Sb.Sc.3H/c1-8-14(18)9-19-15-12(6)22-16(13(7)20-10(2)3)17(15)21-11(4)5;2*1-10(2)19-13(6)15-16(20-11(3)4)14(12(5)21-15)18-9-8-17-7;;;;;/h10-13,15-17H,8-9H2,1-7H3;2*10-16H,8-9H2,1-7H3;;;;;/t12-,13-,15-,16+,17-;12-,13+,14-,15+,16-;12-,13-,14-,15+,16-;;;;;/m000...../s1. The summed E-state index contributed by atoms with van der Waals surface area (Å²) in [6.07, 6.45) is -0.445. The van der Waals surface area contributed by atoms with Crippen molar-refractivity contribution in [3.05, 3.63) is 0 Å². The van der Waals surface area contributed by atoms with Gasteiger partial charge >= 0.3 is 24.4 Å². The van der Waals surface area contributed by atoms with Crippen LogP contribution in [0.3, 0.4) is 0 Å². The van der Waals surface area contributed by atoms with Crippen molar-refractivity contribution in [2.45, 2.75) is 266 Å². The minimum absolute atomic E-state index is 0. The maximum Gasteiger partial charge on any atom is 0 e. The fourth-order valence-corrected chi connectivity index (χ4v) is 8.15. The van der Waals surface area contributed by atoms with Gasteiger partial charge in [0.1, 0.15) is 61.5 Å². The summed E-state index contributed by atoms with van der Waals surface area (Å²) in [5, 5.41) is 0. The summed E-state index contributed by atoms with van der Waals surface area (Å²) < 4.78 is 81.7. The number of ketones is 1. The number of hydrogen-bond acceptors (Lipinski definition) is 15. The van der Waals surface area contributed by atoms with Gasteiger partial charge in [0, 0.05) is 46.5 Å². The van der Waals surface area contributed by atoms with Crippen molar-refractivity contribution in [1.29, 1.82) is 0 Å². The summed E-state index contributed by atoms with van der Waals surface area (Å²) in [6, 6.07) is 0. The topological polar surface area (TPSA) is 146 Å². The zero-order chi connectivity index (χ0) is 48.8. The van der Waals surface area contributed by atoms with Crippen LogP contribution in [0.2, 0.25) is 0 Å². The van der Waals surface area contributed by atoms with Gasteiger partial charge in [0.25, 0.3) is 0 Å². The van der Waals surface area contributed by atoms with Crippen LogP contribution in [0.25, 0.3) is 0 Å². The molecular weight excluding hydrogens is 995 g/mol. The summed E-state index contributed by atoms with van der Waals surface area (Å²) >= 11 is 0. The van der Waals surface area contributed by atoms with E-state index in [1.54, 1.807) is 14.2 Å². The molecule has 1 radical (unpaired) electrons. The largest absolute Gasteiger partial charge is 0 e. The summed E-state index contributed by atoms with van der Waals surface area (Å²) in [5.41, 5.74) is 0. The molecule has 17 heteroatoms. The van der Waals surface area contributed by atoms with Crippen molar-refractivity contribution in [1.82, 2.24) is 0 Å². The second-order valence-corrected chi connectivity index (χ2v) is 18.9. The Kier molecular flexibility index (Phi) is 38.3. The van der Waals surface area contributed by atoms with E-state index in [-0.39, 0.29) is 191 Å². The van der Waals surface area contributed by atoms with E-state index in [0.29, 0.717) is 32.8 Å². The Labute approximate surface area is 437 Å². The van der Waals surface area contributed by atoms with Crippen LogP contribution in [0.5, 0.6) is 0 Å². The molecule has 0 unspecified atom stereocenters. The fourth-order valence-electron chi connectivity index (χ4n) is 8.15. The number of carbonyl (C=O) groups is 1. The van der Waals surface area contributed by atoms with Crippen molar-refractivity contribution in [2.75, 3.05) is 47.3 Å². The Bertz CT molecular complexity index is 1150. The van der Waals surface area contributed by atoms with Crippen molar-refractivity contribution in [2.24, 2.45) is 0 Å². The van der Waals surface area contributed by atoms with Gasteiger partial charge in [-0.25, -0.2) is 0 Å². The Morgan fingerprint density at radius 3 is 0.939 bits per heavy atom. The van der Waals surface area contributed by atoms with E-state index >= 15 is 0 Å². The molecule has 3 heterocycles. The molecule has 3 aliphatic heterocycles. The van der Waals surface area contributed by atoms with E-state index in [2.05, 4.69) is 0 Å². The fraction of sp³-hybridized carbons (Fsp3) is 0.980. The minimum atomic E-state index is -0.249. The van der Waals surface area contributed by atoms with Crippen molar-refractivity contribution in [3.63, 3.8) is 0 Å². The number of Topliss-reactive ketones (excluding diaryl/α,β-unsaturated/α-hetero) is 1. The van der Waals surface area contributed by atoms with Crippen LogP contribution >= 0.6 is 0 Å². The predicted octanol–water partition coefficient (Wildman–Crippen LogP) is 6.38. The zero-order valence-corrected chi connectivity index (χ0v) is 51.1.